The second-order valence-electron chi connectivity index (χ2n) is 12.7. The van der Waals surface area contributed by atoms with Crippen LogP contribution in [0.5, 0.6) is 0 Å². The summed E-state index contributed by atoms with van der Waals surface area (Å²) >= 11 is 0. The summed E-state index contributed by atoms with van der Waals surface area (Å²) in [6.07, 6.45) is 43.7. The molecule has 238 valence electrons. The van der Waals surface area contributed by atoms with Crippen LogP contribution < -0.4 is 0 Å². The van der Waals surface area contributed by atoms with Gasteiger partial charge in [0.2, 0.25) is 0 Å². The zero-order valence-corrected chi connectivity index (χ0v) is 28.0. The monoisotopic (exact) mass is 563 g/mol. The first kappa shape index (κ1) is 39.2. The minimum absolute atomic E-state index is 0.0431. The molecular formula is C38H74O2. The van der Waals surface area contributed by atoms with Gasteiger partial charge in [0.15, 0.2) is 0 Å². The van der Waals surface area contributed by atoms with E-state index in [-0.39, 0.29) is 5.97 Å². The molecule has 0 spiro atoms. The lowest BCUT2D eigenvalue weighted by Gasteiger charge is -2.17. The van der Waals surface area contributed by atoms with Gasteiger partial charge in [-0.25, -0.2) is 0 Å². The maximum atomic E-state index is 12.4. The van der Waals surface area contributed by atoms with Gasteiger partial charge in [-0.15, -0.1) is 0 Å². The number of esters is 1. The predicted molar refractivity (Wildman–Crippen MR) is 179 cm³/mol. The zero-order valence-electron chi connectivity index (χ0n) is 28.0. The number of allylic oxidation sites excluding steroid dienone is 2. The van der Waals surface area contributed by atoms with E-state index >= 15 is 0 Å². The Morgan fingerprint density at radius 3 is 1.25 bits per heavy atom. The van der Waals surface area contributed by atoms with E-state index in [4.69, 9.17) is 4.74 Å². The molecule has 0 saturated heterocycles. The highest BCUT2D eigenvalue weighted by Crippen LogP contribution is 2.20. The van der Waals surface area contributed by atoms with Crippen LogP contribution in [-0.4, -0.2) is 12.6 Å². The quantitative estimate of drug-likeness (QED) is 0.0451. The van der Waals surface area contributed by atoms with Crippen LogP contribution in [0.4, 0.5) is 0 Å². The van der Waals surface area contributed by atoms with Crippen molar-refractivity contribution in [3.63, 3.8) is 0 Å². The molecule has 0 heterocycles. The Morgan fingerprint density at radius 1 is 0.475 bits per heavy atom. The summed E-state index contributed by atoms with van der Waals surface area (Å²) in [6, 6.07) is 0. The van der Waals surface area contributed by atoms with Gasteiger partial charge in [0.05, 0.1) is 6.61 Å². The minimum atomic E-state index is 0.0431. The fourth-order valence-corrected chi connectivity index (χ4v) is 5.71. The highest BCUT2D eigenvalue weighted by Gasteiger charge is 2.12. The largest absolute Gasteiger partial charge is 0.465 e. The maximum Gasteiger partial charge on any atom is 0.305 e. The molecule has 1 unspecified atom stereocenters. The smallest absolute Gasteiger partial charge is 0.305 e. The van der Waals surface area contributed by atoms with Gasteiger partial charge < -0.3 is 4.74 Å². The Labute approximate surface area is 253 Å². The van der Waals surface area contributed by atoms with E-state index in [9.17, 15) is 4.79 Å². The van der Waals surface area contributed by atoms with Gasteiger partial charge in [0.1, 0.15) is 0 Å². The Morgan fingerprint density at radius 2 is 0.825 bits per heavy atom. The van der Waals surface area contributed by atoms with Crippen molar-refractivity contribution in [1.29, 1.82) is 0 Å². The number of carbonyl (C=O) groups excluding carboxylic acids is 1. The molecule has 0 aliphatic heterocycles. The van der Waals surface area contributed by atoms with Crippen molar-refractivity contribution in [2.75, 3.05) is 6.61 Å². The standard InChI is InChI=1S/C38H74O2/c1-4-7-10-13-16-18-19-20-21-22-23-24-26-29-32-35-38(39)40-36-37(33-30-27-15-12-9-6-3)34-31-28-25-17-14-11-8-5-2/h20-21,37H,4-19,22-36H2,1-3H3/b21-20-. The van der Waals surface area contributed by atoms with E-state index in [2.05, 4.69) is 32.9 Å². The fraction of sp³-hybridized carbons (Fsp3) is 0.921. The lowest BCUT2D eigenvalue weighted by molar-refractivity contribution is -0.145. The molecular weight excluding hydrogens is 488 g/mol. The highest BCUT2D eigenvalue weighted by atomic mass is 16.5. The van der Waals surface area contributed by atoms with Gasteiger partial charge in [0, 0.05) is 6.42 Å². The van der Waals surface area contributed by atoms with E-state index < -0.39 is 0 Å². The van der Waals surface area contributed by atoms with Crippen LogP contribution in [0.25, 0.3) is 0 Å². The van der Waals surface area contributed by atoms with Gasteiger partial charge in [-0.2, -0.15) is 0 Å². The molecule has 0 amide bonds. The van der Waals surface area contributed by atoms with Crippen molar-refractivity contribution >= 4 is 5.97 Å². The van der Waals surface area contributed by atoms with Gasteiger partial charge in [-0.05, 0) is 50.9 Å². The molecule has 2 heteroatoms. The van der Waals surface area contributed by atoms with Gasteiger partial charge >= 0.3 is 5.97 Å². The second kappa shape index (κ2) is 34.4. The predicted octanol–water partition coefficient (Wildman–Crippen LogP) is 13.5. The topological polar surface area (TPSA) is 26.3 Å². The van der Waals surface area contributed by atoms with Crippen LogP contribution in [0.3, 0.4) is 0 Å². The van der Waals surface area contributed by atoms with Crippen LogP contribution >= 0.6 is 0 Å². The zero-order chi connectivity index (χ0) is 29.2. The summed E-state index contributed by atoms with van der Waals surface area (Å²) in [4.78, 5) is 12.4. The third-order valence-electron chi connectivity index (χ3n) is 8.55. The van der Waals surface area contributed by atoms with Gasteiger partial charge in [-0.3, -0.25) is 4.79 Å². The third-order valence-corrected chi connectivity index (χ3v) is 8.55. The van der Waals surface area contributed by atoms with Gasteiger partial charge in [-0.1, -0.05) is 174 Å². The number of carbonyl (C=O) groups is 1. The van der Waals surface area contributed by atoms with E-state index in [0.29, 0.717) is 18.9 Å². The van der Waals surface area contributed by atoms with Crippen molar-refractivity contribution in [1.82, 2.24) is 0 Å². The molecule has 1 atom stereocenters. The summed E-state index contributed by atoms with van der Waals surface area (Å²) in [7, 11) is 0. The first-order valence-electron chi connectivity index (χ1n) is 18.5. The summed E-state index contributed by atoms with van der Waals surface area (Å²) < 4.78 is 5.79. The molecule has 2 nitrogen and oxygen atoms in total. The first-order valence-corrected chi connectivity index (χ1v) is 18.5. The molecule has 0 aromatic rings. The lowest BCUT2D eigenvalue weighted by Crippen LogP contribution is -2.14. The van der Waals surface area contributed by atoms with E-state index in [0.717, 1.165) is 12.8 Å². The Kier molecular flexibility index (Phi) is 33.7. The van der Waals surface area contributed by atoms with Crippen molar-refractivity contribution in [2.45, 2.75) is 213 Å². The molecule has 0 aliphatic rings. The molecule has 0 saturated carbocycles. The molecule has 0 aromatic carbocycles. The van der Waals surface area contributed by atoms with Crippen molar-refractivity contribution in [3.8, 4) is 0 Å². The molecule has 0 aromatic heterocycles. The Bertz CT molecular complexity index is 512. The summed E-state index contributed by atoms with van der Waals surface area (Å²) in [5.74, 6) is 0.617. The van der Waals surface area contributed by atoms with E-state index in [1.807, 2.05) is 0 Å². The van der Waals surface area contributed by atoms with E-state index in [1.54, 1.807) is 0 Å². The normalized spacial score (nSPS) is 12.4. The summed E-state index contributed by atoms with van der Waals surface area (Å²) in [5.41, 5.74) is 0. The molecule has 0 bridgehead atoms. The van der Waals surface area contributed by atoms with E-state index in [1.165, 1.54) is 173 Å². The van der Waals surface area contributed by atoms with Crippen LogP contribution in [-0.2, 0) is 9.53 Å². The fourth-order valence-electron chi connectivity index (χ4n) is 5.71. The molecule has 0 N–H and O–H groups in total. The van der Waals surface area contributed by atoms with Crippen LogP contribution in [0.15, 0.2) is 12.2 Å². The Balaban J connectivity index is 3.86. The molecule has 0 aliphatic carbocycles. The van der Waals surface area contributed by atoms with Crippen LogP contribution in [0, 0.1) is 5.92 Å². The number of unbranched alkanes of at least 4 members (excludes halogenated alkanes) is 23. The molecule has 0 radical (unpaired) electrons. The lowest BCUT2D eigenvalue weighted by atomic mass is 9.94. The second-order valence-corrected chi connectivity index (χ2v) is 12.7. The minimum Gasteiger partial charge on any atom is -0.465 e. The van der Waals surface area contributed by atoms with Gasteiger partial charge in [0.25, 0.3) is 0 Å². The summed E-state index contributed by atoms with van der Waals surface area (Å²) in [6.45, 7) is 7.51. The van der Waals surface area contributed by atoms with Crippen molar-refractivity contribution in [2.24, 2.45) is 5.92 Å². The number of rotatable bonds is 33. The van der Waals surface area contributed by atoms with Crippen LogP contribution in [0.2, 0.25) is 0 Å². The third kappa shape index (κ3) is 31.7. The SMILES string of the molecule is CCCCCCCC/C=C\CCCCCCCC(=O)OCC(CCCCCCCC)CCCCCCCCCC. The average molecular weight is 563 g/mol. The molecule has 0 fully saturated rings. The Hall–Kier alpha value is -0.790. The highest BCUT2D eigenvalue weighted by molar-refractivity contribution is 5.69. The number of ether oxygens (including phenoxy) is 1. The molecule has 0 rings (SSSR count). The number of hydrogen-bond acceptors (Lipinski definition) is 2. The average Bonchev–Trinajstić information content (AvgIpc) is 2.96. The van der Waals surface area contributed by atoms with Crippen molar-refractivity contribution in [3.05, 3.63) is 12.2 Å². The summed E-state index contributed by atoms with van der Waals surface area (Å²) in [5, 5.41) is 0. The number of hydrogen-bond donors (Lipinski definition) is 0. The molecule has 40 heavy (non-hydrogen) atoms. The maximum absolute atomic E-state index is 12.4. The first-order chi connectivity index (χ1) is 19.7. The van der Waals surface area contributed by atoms with Crippen LogP contribution in [0.1, 0.15) is 213 Å². The van der Waals surface area contributed by atoms with Crippen molar-refractivity contribution < 1.29 is 9.53 Å².